The number of carbonyl (C=O) groups is 2. The maximum Gasteiger partial charge on any atom is 0.221 e. The van der Waals surface area contributed by atoms with Crippen molar-refractivity contribution >= 4 is 17.9 Å². The molecular weight excluding hydrogens is 218 g/mol. The van der Waals surface area contributed by atoms with E-state index in [1.807, 2.05) is 13.8 Å². The van der Waals surface area contributed by atoms with Gasteiger partial charge in [0.15, 0.2) is 0 Å². The Bertz CT molecular complexity index is 413. The maximum absolute atomic E-state index is 11.0. The zero-order chi connectivity index (χ0) is 12.8. The maximum atomic E-state index is 11.0. The first kappa shape index (κ1) is 13.2. The minimum atomic E-state index is -0.192. The number of hydrogen-bond acceptors (Lipinski definition) is 3. The summed E-state index contributed by atoms with van der Waals surface area (Å²) in [6, 6.07) is 4.95. The molecule has 0 bridgehead atoms. The van der Waals surface area contributed by atoms with Crippen LogP contribution in [0.25, 0.3) is 0 Å². The average Bonchev–Trinajstić information content (AvgIpc) is 2.26. The number of anilines is 1. The summed E-state index contributed by atoms with van der Waals surface area (Å²) >= 11 is 0. The van der Waals surface area contributed by atoms with Gasteiger partial charge in [-0.15, -0.1) is 0 Å². The van der Waals surface area contributed by atoms with Crippen molar-refractivity contribution in [3.8, 4) is 5.75 Å². The lowest BCUT2D eigenvalue weighted by atomic mass is 10.2. The summed E-state index contributed by atoms with van der Waals surface area (Å²) < 4.78 is 5.57. The van der Waals surface area contributed by atoms with Crippen molar-refractivity contribution in [1.82, 2.24) is 0 Å². The summed E-state index contributed by atoms with van der Waals surface area (Å²) in [5, 5.41) is 2.65. The van der Waals surface area contributed by atoms with Crippen molar-refractivity contribution in [2.45, 2.75) is 20.8 Å². The van der Waals surface area contributed by atoms with Crippen LogP contribution < -0.4 is 10.1 Å². The number of aldehydes is 1. The predicted molar refractivity (Wildman–Crippen MR) is 66.5 cm³/mol. The zero-order valence-electron chi connectivity index (χ0n) is 10.3. The highest BCUT2D eigenvalue weighted by molar-refractivity contribution is 5.92. The lowest BCUT2D eigenvalue weighted by Crippen LogP contribution is -2.10. The van der Waals surface area contributed by atoms with E-state index in [1.54, 1.807) is 18.2 Å². The summed E-state index contributed by atoms with van der Waals surface area (Å²) in [5.41, 5.74) is 1.04. The molecule has 0 unspecified atom stereocenters. The molecule has 0 radical (unpaired) electrons. The SMILES string of the molecule is CC(=O)Nc1cc(C=O)ccc1OCC(C)C. The lowest BCUT2D eigenvalue weighted by Gasteiger charge is -2.13. The van der Waals surface area contributed by atoms with Gasteiger partial charge in [0.2, 0.25) is 5.91 Å². The summed E-state index contributed by atoms with van der Waals surface area (Å²) in [4.78, 5) is 21.7. The third-order valence-electron chi connectivity index (χ3n) is 2.02. The fourth-order valence-corrected chi connectivity index (χ4v) is 1.29. The van der Waals surface area contributed by atoms with Crippen LogP contribution in [0.3, 0.4) is 0 Å². The molecule has 4 nitrogen and oxygen atoms in total. The molecule has 0 heterocycles. The molecule has 0 aliphatic carbocycles. The first-order valence-corrected chi connectivity index (χ1v) is 5.52. The molecule has 0 aromatic heterocycles. The fourth-order valence-electron chi connectivity index (χ4n) is 1.29. The molecule has 1 aromatic carbocycles. The van der Waals surface area contributed by atoms with E-state index in [2.05, 4.69) is 5.32 Å². The number of carbonyl (C=O) groups excluding carboxylic acids is 2. The summed E-state index contributed by atoms with van der Waals surface area (Å²) in [6.45, 7) is 6.06. The molecule has 4 heteroatoms. The molecule has 1 aromatic rings. The predicted octanol–water partition coefficient (Wildman–Crippen LogP) is 2.49. The number of rotatable bonds is 5. The molecule has 0 aliphatic heterocycles. The second-order valence-corrected chi connectivity index (χ2v) is 4.26. The molecule has 1 rings (SSSR count). The van der Waals surface area contributed by atoms with Gasteiger partial charge in [-0.1, -0.05) is 13.8 Å². The Balaban J connectivity index is 2.93. The monoisotopic (exact) mass is 235 g/mol. The minimum absolute atomic E-state index is 0.192. The van der Waals surface area contributed by atoms with E-state index in [9.17, 15) is 9.59 Å². The summed E-state index contributed by atoms with van der Waals surface area (Å²) in [7, 11) is 0. The zero-order valence-corrected chi connectivity index (χ0v) is 10.3. The van der Waals surface area contributed by atoms with Gasteiger partial charge in [0.25, 0.3) is 0 Å². The Morgan fingerprint density at radius 2 is 2.18 bits per heavy atom. The largest absolute Gasteiger partial charge is 0.491 e. The number of ether oxygens (including phenoxy) is 1. The number of amides is 1. The van der Waals surface area contributed by atoms with Gasteiger partial charge >= 0.3 is 0 Å². The molecule has 1 amide bonds. The van der Waals surface area contributed by atoms with E-state index in [4.69, 9.17) is 4.74 Å². The second kappa shape index (κ2) is 6.03. The molecule has 1 N–H and O–H groups in total. The van der Waals surface area contributed by atoms with Gasteiger partial charge in [-0.3, -0.25) is 9.59 Å². The van der Waals surface area contributed by atoms with Crippen molar-refractivity contribution in [3.63, 3.8) is 0 Å². The van der Waals surface area contributed by atoms with Gasteiger partial charge < -0.3 is 10.1 Å². The molecule has 0 fully saturated rings. The standard InChI is InChI=1S/C13H17NO3/c1-9(2)8-17-13-5-4-11(7-15)6-12(13)14-10(3)16/h4-7,9H,8H2,1-3H3,(H,14,16). The summed E-state index contributed by atoms with van der Waals surface area (Å²) in [6.07, 6.45) is 0.734. The van der Waals surface area contributed by atoms with Gasteiger partial charge in [-0.25, -0.2) is 0 Å². The van der Waals surface area contributed by atoms with E-state index in [0.717, 1.165) is 6.29 Å². The van der Waals surface area contributed by atoms with Gasteiger partial charge in [0, 0.05) is 12.5 Å². The van der Waals surface area contributed by atoms with E-state index in [1.165, 1.54) is 6.92 Å². The highest BCUT2D eigenvalue weighted by Gasteiger charge is 2.07. The topological polar surface area (TPSA) is 55.4 Å². The minimum Gasteiger partial charge on any atom is -0.491 e. The van der Waals surface area contributed by atoms with Crippen molar-refractivity contribution in [3.05, 3.63) is 23.8 Å². The Kier molecular flexibility index (Phi) is 4.69. The highest BCUT2D eigenvalue weighted by Crippen LogP contribution is 2.25. The Morgan fingerprint density at radius 3 is 2.71 bits per heavy atom. The third kappa shape index (κ3) is 4.26. The lowest BCUT2D eigenvalue weighted by molar-refractivity contribution is -0.114. The van der Waals surface area contributed by atoms with Crippen LogP contribution in [0.5, 0.6) is 5.75 Å². The first-order valence-electron chi connectivity index (χ1n) is 5.52. The Hall–Kier alpha value is -1.84. The average molecular weight is 235 g/mol. The number of nitrogens with one attached hydrogen (secondary N) is 1. The van der Waals surface area contributed by atoms with Crippen LogP contribution in [0.15, 0.2) is 18.2 Å². The van der Waals surface area contributed by atoms with Gasteiger partial charge in [0.1, 0.15) is 12.0 Å². The molecule has 0 aliphatic rings. The fraction of sp³-hybridized carbons (Fsp3) is 0.385. The normalized spacial score (nSPS) is 10.1. The van der Waals surface area contributed by atoms with Crippen LogP contribution in [0.2, 0.25) is 0 Å². The van der Waals surface area contributed by atoms with Crippen LogP contribution in [0.1, 0.15) is 31.1 Å². The summed E-state index contributed by atoms with van der Waals surface area (Å²) in [5.74, 6) is 0.785. The molecule has 0 spiro atoms. The smallest absolute Gasteiger partial charge is 0.221 e. The highest BCUT2D eigenvalue weighted by atomic mass is 16.5. The van der Waals surface area contributed by atoms with Gasteiger partial charge in [0.05, 0.1) is 12.3 Å². The second-order valence-electron chi connectivity index (χ2n) is 4.26. The van der Waals surface area contributed by atoms with Crippen LogP contribution in [-0.2, 0) is 4.79 Å². The number of benzene rings is 1. The Labute approximate surface area is 101 Å². The van der Waals surface area contributed by atoms with E-state index >= 15 is 0 Å². The third-order valence-corrected chi connectivity index (χ3v) is 2.02. The molecule has 0 atom stereocenters. The van der Waals surface area contributed by atoms with E-state index < -0.39 is 0 Å². The molecular formula is C13H17NO3. The molecule has 0 saturated carbocycles. The van der Waals surface area contributed by atoms with E-state index in [0.29, 0.717) is 29.5 Å². The first-order chi connectivity index (χ1) is 8.02. The molecule has 0 saturated heterocycles. The van der Waals surface area contributed by atoms with Crippen molar-refractivity contribution in [2.75, 3.05) is 11.9 Å². The number of hydrogen-bond donors (Lipinski definition) is 1. The molecule has 92 valence electrons. The van der Waals surface area contributed by atoms with Crippen LogP contribution in [0.4, 0.5) is 5.69 Å². The van der Waals surface area contributed by atoms with Gasteiger partial charge in [-0.05, 0) is 24.1 Å². The Morgan fingerprint density at radius 1 is 1.47 bits per heavy atom. The quantitative estimate of drug-likeness (QED) is 0.798. The van der Waals surface area contributed by atoms with Crippen LogP contribution >= 0.6 is 0 Å². The van der Waals surface area contributed by atoms with Gasteiger partial charge in [-0.2, -0.15) is 0 Å². The van der Waals surface area contributed by atoms with Crippen molar-refractivity contribution in [1.29, 1.82) is 0 Å². The van der Waals surface area contributed by atoms with Crippen LogP contribution in [0, 0.1) is 5.92 Å². The van der Waals surface area contributed by atoms with Crippen molar-refractivity contribution < 1.29 is 14.3 Å². The van der Waals surface area contributed by atoms with E-state index in [-0.39, 0.29) is 5.91 Å². The van der Waals surface area contributed by atoms with Crippen molar-refractivity contribution in [2.24, 2.45) is 5.92 Å². The molecule has 17 heavy (non-hydrogen) atoms. The van der Waals surface area contributed by atoms with Crippen LogP contribution in [-0.4, -0.2) is 18.8 Å².